The van der Waals surface area contributed by atoms with E-state index in [1.54, 1.807) is 4.68 Å². The van der Waals surface area contributed by atoms with E-state index in [2.05, 4.69) is 5.10 Å². The zero-order valence-corrected chi connectivity index (χ0v) is 7.56. The van der Waals surface area contributed by atoms with Crippen LogP contribution in [0.15, 0.2) is 12.4 Å². The smallest absolute Gasteiger partial charge is 0.161 e. The van der Waals surface area contributed by atoms with Gasteiger partial charge in [0.15, 0.2) is 5.82 Å². The molecule has 0 atom stereocenters. The number of hydrogen-bond acceptors (Lipinski definition) is 2. The summed E-state index contributed by atoms with van der Waals surface area (Å²) in [6.45, 7) is 0. The minimum atomic E-state index is -0.228. The van der Waals surface area contributed by atoms with Gasteiger partial charge in [0.2, 0.25) is 0 Å². The summed E-state index contributed by atoms with van der Waals surface area (Å²) in [4.78, 5) is 0. The van der Waals surface area contributed by atoms with E-state index >= 15 is 0 Å². The van der Waals surface area contributed by atoms with Crippen LogP contribution >= 0.6 is 11.8 Å². The first-order chi connectivity index (χ1) is 5.86. The van der Waals surface area contributed by atoms with Crippen LogP contribution in [0.2, 0.25) is 0 Å². The Morgan fingerprint density at radius 1 is 1.50 bits per heavy atom. The van der Waals surface area contributed by atoms with Gasteiger partial charge in [0, 0.05) is 0 Å². The van der Waals surface area contributed by atoms with Crippen LogP contribution in [0.4, 0.5) is 4.39 Å². The van der Waals surface area contributed by atoms with Crippen LogP contribution in [0.5, 0.6) is 0 Å². The minimum absolute atomic E-state index is 0.228. The molecule has 0 N–H and O–H groups in total. The lowest BCUT2D eigenvalue weighted by Gasteiger charge is -2.21. The number of thioether (sulfide) groups is 1. The van der Waals surface area contributed by atoms with Gasteiger partial charge in [-0.05, 0) is 24.3 Å². The fourth-order valence-corrected chi connectivity index (χ4v) is 2.55. The molecule has 0 radical (unpaired) electrons. The van der Waals surface area contributed by atoms with Crippen LogP contribution in [-0.4, -0.2) is 21.3 Å². The third-order valence-corrected chi connectivity index (χ3v) is 3.18. The summed E-state index contributed by atoms with van der Waals surface area (Å²) < 4.78 is 14.4. The predicted molar refractivity (Wildman–Crippen MR) is 47.8 cm³/mol. The topological polar surface area (TPSA) is 17.8 Å². The van der Waals surface area contributed by atoms with Gasteiger partial charge in [-0.3, -0.25) is 4.68 Å². The summed E-state index contributed by atoms with van der Waals surface area (Å²) in [5, 5.41) is 3.97. The highest BCUT2D eigenvalue weighted by Gasteiger charge is 2.15. The molecule has 1 aromatic rings. The predicted octanol–water partition coefficient (Wildman–Crippen LogP) is 2.09. The molecule has 0 saturated carbocycles. The maximum absolute atomic E-state index is 12.6. The van der Waals surface area contributed by atoms with Crippen molar-refractivity contribution in [3.05, 3.63) is 18.2 Å². The zero-order chi connectivity index (χ0) is 8.39. The van der Waals surface area contributed by atoms with Crippen molar-refractivity contribution >= 4 is 11.8 Å². The Morgan fingerprint density at radius 3 is 2.83 bits per heavy atom. The maximum Gasteiger partial charge on any atom is 0.161 e. The van der Waals surface area contributed by atoms with Crippen LogP contribution in [0.25, 0.3) is 0 Å². The molecule has 1 aliphatic rings. The summed E-state index contributed by atoms with van der Waals surface area (Å²) in [7, 11) is 0. The van der Waals surface area contributed by atoms with Crippen molar-refractivity contribution in [2.75, 3.05) is 11.5 Å². The van der Waals surface area contributed by atoms with Crippen molar-refractivity contribution in [3.63, 3.8) is 0 Å². The lowest BCUT2D eigenvalue weighted by atomic mass is 10.2. The molecule has 0 aliphatic carbocycles. The summed E-state index contributed by atoms with van der Waals surface area (Å²) in [5.41, 5.74) is 0. The van der Waals surface area contributed by atoms with Gasteiger partial charge in [-0.15, -0.1) is 0 Å². The van der Waals surface area contributed by atoms with Gasteiger partial charge in [0.05, 0.1) is 18.4 Å². The second-order valence-electron chi connectivity index (χ2n) is 2.98. The molecule has 0 bridgehead atoms. The van der Waals surface area contributed by atoms with E-state index in [9.17, 15) is 4.39 Å². The fourth-order valence-electron chi connectivity index (χ4n) is 1.46. The molecular weight excluding hydrogens is 175 g/mol. The Morgan fingerprint density at radius 2 is 2.25 bits per heavy atom. The van der Waals surface area contributed by atoms with Crippen LogP contribution in [0, 0.1) is 5.82 Å². The van der Waals surface area contributed by atoms with Gasteiger partial charge in [-0.2, -0.15) is 16.9 Å². The van der Waals surface area contributed by atoms with Crippen LogP contribution in [-0.2, 0) is 0 Å². The molecule has 1 fully saturated rings. The number of rotatable bonds is 1. The third kappa shape index (κ3) is 1.63. The molecule has 2 rings (SSSR count). The number of hydrogen-bond donors (Lipinski definition) is 0. The van der Waals surface area contributed by atoms with Gasteiger partial charge in [0.1, 0.15) is 0 Å². The minimum Gasteiger partial charge on any atom is -0.267 e. The van der Waals surface area contributed by atoms with E-state index in [0.717, 1.165) is 12.8 Å². The summed E-state index contributed by atoms with van der Waals surface area (Å²) >= 11 is 1.97. The van der Waals surface area contributed by atoms with E-state index in [1.807, 2.05) is 11.8 Å². The first-order valence-corrected chi connectivity index (χ1v) is 5.29. The fraction of sp³-hybridized carbons (Fsp3) is 0.625. The molecule has 0 unspecified atom stereocenters. The molecule has 1 aromatic heterocycles. The average Bonchev–Trinajstić information content (AvgIpc) is 2.54. The van der Waals surface area contributed by atoms with E-state index in [1.165, 1.54) is 23.9 Å². The standard InChI is InChI=1S/C8H11FN2S/c9-7-5-10-11(6-7)8-1-3-12-4-2-8/h5-6,8H,1-4H2. The van der Waals surface area contributed by atoms with Crippen molar-refractivity contribution < 1.29 is 4.39 Å². The quantitative estimate of drug-likeness (QED) is 0.668. The van der Waals surface area contributed by atoms with Gasteiger partial charge in [-0.25, -0.2) is 4.39 Å². The molecule has 0 spiro atoms. The van der Waals surface area contributed by atoms with Crippen molar-refractivity contribution in [1.82, 2.24) is 9.78 Å². The largest absolute Gasteiger partial charge is 0.267 e. The second-order valence-corrected chi connectivity index (χ2v) is 4.21. The molecule has 1 saturated heterocycles. The highest BCUT2D eigenvalue weighted by atomic mass is 32.2. The molecule has 12 heavy (non-hydrogen) atoms. The maximum atomic E-state index is 12.6. The van der Waals surface area contributed by atoms with Crippen LogP contribution in [0.1, 0.15) is 18.9 Å². The highest BCUT2D eigenvalue weighted by Crippen LogP contribution is 2.26. The van der Waals surface area contributed by atoms with Crippen molar-refractivity contribution in [2.24, 2.45) is 0 Å². The number of halogens is 1. The van der Waals surface area contributed by atoms with Crippen LogP contribution < -0.4 is 0 Å². The third-order valence-electron chi connectivity index (χ3n) is 2.13. The monoisotopic (exact) mass is 186 g/mol. The molecular formula is C8H11FN2S. The summed E-state index contributed by atoms with van der Waals surface area (Å²) in [6, 6.07) is 0.427. The first-order valence-electron chi connectivity index (χ1n) is 4.13. The molecule has 2 heterocycles. The summed E-state index contributed by atoms with van der Waals surface area (Å²) in [6.07, 6.45) is 5.00. The van der Waals surface area contributed by atoms with Crippen molar-refractivity contribution in [2.45, 2.75) is 18.9 Å². The molecule has 1 aliphatic heterocycles. The van der Waals surface area contributed by atoms with E-state index in [0.29, 0.717) is 6.04 Å². The lowest BCUT2D eigenvalue weighted by molar-refractivity contribution is 0.424. The zero-order valence-electron chi connectivity index (χ0n) is 6.74. The molecule has 66 valence electrons. The van der Waals surface area contributed by atoms with E-state index in [4.69, 9.17) is 0 Å². The number of aromatic nitrogens is 2. The molecule has 4 heteroatoms. The van der Waals surface area contributed by atoms with Crippen molar-refractivity contribution in [1.29, 1.82) is 0 Å². The Balaban J connectivity index is 2.08. The Kier molecular flexibility index (Phi) is 2.35. The highest BCUT2D eigenvalue weighted by molar-refractivity contribution is 7.99. The van der Waals surface area contributed by atoms with E-state index < -0.39 is 0 Å². The SMILES string of the molecule is Fc1cnn(C2CCSCC2)c1. The van der Waals surface area contributed by atoms with Gasteiger partial charge < -0.3 is 0 Å². The molecule has 2 nitrogen and oxygen atoms in total. The van der Waals surface area contributed by atoms with Gasteiger partial charge in [0.25, 0.3) is 0 Å². The first kappa shape index (κ1) is 8.10. The van der Waals surface area contributed by atoms with E-state index in [-0.39, 0.29) is 5.82 Å². The van der Waals surface area contributed by atoms with Crippen molar-refractivity contribution in [3.8, 4) is 0 Å². The molecule has 0 aromatic carbocycles. The Labute approximate surface area is 75.1 Å². The lowest BCUT2D eigenvalue weighted by Crippen LogP contribution is -2.15. The Hall–Kier alpha value is -0.510. The average molecular weight is 186 g/mol. The Bertz CT molecular complexity index is 255. The normalized spacial score (nSPS) is 19.8. The summed E-state index contributed by atoms with van der Waals surface area (Å²) in [5.74, 6) is 2.12. The number of nitrogens with zero attached hydrogens (tertiary/aromatic N) is 2. The van der Waals surface area contributed by atoms with Gasteiger partial charge in [-0.1, -0.05) is 0 Å². The van der Waals surface area contributed by atoms with Gasteiger partial charge >= 0.3 is 0 Å². The van der Waals surface area contributed by atoms with Crippen LogP contribution in [0.3, 0.4) is 0 Å². The molecule has 0 amide bonds. The second kappa shape index (κ2) is 3.47.